The molecular formula is C14H22N2O2S. The van der Waals surface area contributed by atoms with Gasteiger partial charge in [-0.15, -0.1) is 0 Å². The molecule has 0 bridgehead atoms. The number of nitrogens with one attached hydrogen (secondary N) is 2. The van der Waals surface area contributed by atoms with Crippen LogP contribution in [-0.4, -0.2) is 33.3 Å². The summed E-state index contributed by atoms with van der Waals surface area (Å²) in [5.41, 5.74) is 1.16. The minimum absolute atomic E-state index is 0.188. The maximum Gasteiger partial charge on any atom is 0.215 e. The summed E-state index contributed by atoms with van der Waals surface area (Å²) < 4.78 is 27.1. The number of rotatable bonds is 5. The Morgan fingerprint density at radius 1 is 1.37 bits per heavy atom. The van der Waals surface area contributed by atoms with Crippen LogP contribution in [0.4, 0.5) is 0 Å². The highest BCUT2D eigenvalue weighted by Crippen LogP contribution is 2.15. The Morgan fingerprint density at radius 3 is 2.74 bits per heavy atom. The number of piperidine rings is 1. The van der Waals surface area contributed by atoms with Crippen LogP contribution in [0.5, 0.6) is 0 Å². The van der Waals surface area contributed by atoms with Crippen molar-refractivity contribution in [3.05, 3.63) is 35.9 Å². The lowest BCUT2D eigenvalue weighted by atomic mass is 10.0. The van der Waals surface area contributed by atoms with Gasteiger partial charge in [-0.1, -0.05) is 37.3 Å². The lowest BCUT2D eigenvalue weighted by Crippen LogP contribution is -2.45. The van der Waals surface area contributed by atoms with Gasteiger partial charge >= 0.3 is 0 Å². The molecule has 1 aliphatic rings. The van der Waals surface area contributed by atoms with E-state index in [4.69, 9.17) is 0 Å². The molecule has 2 unspecified atom stereocenters. The summed E-state index contributed by atoms with van der Waals surface area (Å²) in [5, 5.41) is 2.85. The van der Waals surface area contributed by atoms with E-state index in [1.165, 1.54) is 0 Å². The van der Waals surface area contributed by atoms with Crippen LogP contribution < -0.4 is 10.0 Å². The zero-order valence-electron chi connectivity index (χ0n) is 11.3. The van der Waals surface area contributed by atoms with E-state index in [1.807, 2.05) is 37.3 Å². The van der Waals surface area contributed by atoms with Crippen molar-refractivity contribution in [2.75, 3.05) is 19.6 Å². The lowest BCUT2D eigenvalue weighted by molar-refractivity contribution is 0.488. The Labute approximate surface area is 115 Å². The summed E-state index contributed by atoms with van der Waals surface area (Å²) in [6, 6.07) is 9.98. The Balaban J connectivity index is 1.90. The molecule has 1 aliphatic heterocycles. The molecule has 0 aliphatic carbocycles. The zero-order chi connectivity index (χ0) is 13.7. The van der Waals surface area contributed by atoms with Gasteiger partial charge in [0.25, 0.3) is 0 Å². The van der Waals surface area contributed by atoms with Gasteiger partial charge in [0.2, 0.25) is 10.0 Å². The van der Waals surface area contributed by atoms with Crippen molar-refractivity contribution in [2.24, 2.45) is 0 Å². The normalized spacial score (nSPS) is 22.1. The molecule has 106 valence electrons. The molecule has 1 aromatic rings. The maximum atomic E-state index is 12.2. The Kier molecular flexibility index (Phi) is 4.96. The summed E-state index contributed by atoms with van der Waals surface area (Å²) >= 11 is 0. The average molecular weight is 282 g/mol. The predicted octanol–water partition coefficient (Wildman–Crippen LogP) is 1.46. The molecule has 0 aromatic heterocycles. The summed E-state index contributed by atoms with van der Waals surface area (Å²) in [5.74, 6) is 0.188. The predicted molar refractivity (Wildman–Crippen MR) is 77.7 cm³/mol. The van der Waals surface area contributed by atoms with Gasteiger partial charge in [0.1, 0.15) is 0 Å². The van der Waals surface area contributed by atoms with Crippen molar-refractivity contribution in [2.45, 2.75) is 30.9 Å². The lowest BCUT2D eigenvalue weighted by Gasteiger charge is -2.24. The fourth-order valence-corrected chi connectivity index (χ4v) is 3.88. The molecule has 0 radical (unpaired) electrons. The van der Waals surface area contributed by atoms with E-state index >= 15 is 0 Å². The topological polar surface area (TPSA) is 58.2 Å². The standard InChI is InChI=1S/C14H22N2O2S/c1-12(13-6-3-2-4-7-13)10-16-19(17,18)14-8-5-9-15-11-14/h2-4,6-7,12,14-16H,5,8-11H2,1H3. The van der Waals surface area contributed by atoms with E-state index in [0.717, 1.165) is 24.9 Å². The fourth-order valence-electron chi connectivity index (χ4n) is 2.34. The first-order valence-electron chi connectivity index (χ1n) is 6.84. The monoisotopic (exact) mass is 282 g/mol. The fraction of sp³-hybridized carbons (Fsp3) is 0.571. The third-order valence-corrected chi connectivity index (χ3v) is 5.50. The second-order valence-electron chi connectivity index (χ2n) is 5.17. The highest BCUT2D eigenvalue weighted by atomic mass is 32.2. The van der Waals surface area contributed by atoms with Crippen LogP contribution in [0.2, 0.25) is 0 Å². The van der Waals surface area contributed by atoms with E-state index in [1.54, 1.807) is 0 Å². The van der Waals surface area contributed by atoms with Crippen molar-refractivity contribution in [1.29, 1.82) is 0 Å². The second kappa shape index (κ2) is 6.50. The van der Waals surface area contributed by atoms with Gasteiger partial charge in [-0.25, -0.2) is 13.1 Å². The SMILES string of the molecule is CC(CNS(=O)(=O)C1CCCNC1)c1ccccc1. The van der Waals surface area contributed by atoms with Gasteiger partial charge in [0.05, 0.1) is 5.25 Å². The van der Waals surface area contributed by atoms with Crippen LogP contribution in [0.25, 0.3) is 0 Å². The number of hydrogen-bond acceptors (Lipinski definition) is 3. The molecule has 2 atom stereocenters. The van der Waals surface area contributed by atoms with Crippen molar-refractivity contribution in [1.82, 2.24) is 10.0 Å². The maximum absolute atomic E-state index is 12.2. The van der Waals surface area contributed by atoms with Crippen LogP contribution in [-0.2, 0) is 10.0 Å². The molecule has 2 N–H and O–H groups in total. The van der Waals surface area contributed by atoms with Crippen molar-refractivity contribution >= 4 is 10.0 Å². The van der Waals surface area contributed by atoms with Gasteiger partial charge in [-0.3, -0.25) is 0 Å². The van der Waals surface area contributed by atoms with Crippen molar-refractivity contribution in [3.63, 3.8) is 0 Å². The van der Waals surface area contributed by atoms with Crippen LogP contribution in [0, 0.1) is 0 Å². The first-order valence-corrected chi connectivity index (χ1v) is 8.38. The van der Waals surface area contributed by atoms with E-state index in [0.29, 0.717) is 13.1 Å². The number of sulfonamides is 1. The smallest absolute Gasteiger partial charge is 0.215 e. The molecule has 4 nitrogen and oxygen atoms in total. The summed E-state index contributed by atoms with van der Waals surface area (Å²) in [6.45, 7) is 3.99. The van der Waals surface area contributed by atoms with Crippen LogP contribution in [0.1, 0.15) is 31.2 Å². The van der Waals surface area contributed by atoms with Crippen molar-refractivity contribution in [3.8, 4) is 0 Å². The number of hydrogen-bond donors (Lipinski definition) is 2. The van der Waals surface area contributed by atoms with Crippen molar-refractivity contribution < 1.29 is 8.42 Å². The van der Waals surface area contributed by atoms with E-state index < -0.39 is 10.0 Å². The molecule has 0 amide bonds. The Bertz CT molecular complexity index is 481. The van der Waals surface area contributed by atoms with Gasteiger partial charge in [0.15, 0.2) is 0 Å². The highest BCUT2D eigenvalue weighted by Gasteiger charge is 2.27. The average Bonchev–Trinajstić information content (AvgIpc) is 2.47. The zero-order valence-corrected chi connectivity index (χ0v) is 12.1. The molecule has 2 rings (SSSR count). The molecule has 0 saturated carbocycles. The molecule has 1 saturated heterocycles. The van der Waals surface area contributed by atoms with Gasteiger partial charge in [-0.05, 0) is 30.9 Å². The Hall–Kier alpha value is -0.910. The highest BCUT2D eigenvalue weighted by molar-refractivity contribution is 7.90. The molecule has 1 heterocycles. The van der Waals surface area contributed by atoms with Gasteiger partial charge in [-0.2, -0.15) is 0 Å². The first kappa shape index (κ1) is 14.5. The van der Waals surface area contributed by atoms with E-state index in [-0.39, 0.29) is 11.2 Å². The molecule has 19 heavy (non-hydrogen) atoms. The minimum Gasteiger partial charge on any atom is -0.315 e. The van der Waals surface area contributed by atoms with Gasteiger partial charge < -0.3 is 5.32 Å². The Morgan fingerprint density at radius 2 is 2.11 bits per heavy atom. The first-order chi connectivity index (χ1) is 9.09. The number of benzene rings is 1. The van der Waals surface area contributed by atoms with E-state index in [2.05, 4.69) is 10.0 Å². The third kappa shape index (κ3) is 4.03. The van der Waals surface area contributed by atoms with E-state index in [9.17, 15) is 8.42 Å². The van der Waals surface area contributed by atoms with Crippen LogP contribution >= 0.6 is 0 Å². The summed E-state index contributed by atoms with van der Waals surface area (Å²) in [4.78, 5) is 0. The third-order valence-electron chi connectivity index (χ3n) is 3.65. The second-order valence-corrected chi connectivity index (χ2v) is 7.22. The largest absolute Gasteiger partial charge is 0.315 e. The molecule has 5 heteroatoms. The quantitative estimate of drug-likeness (QED) is 0.859. The van der Waals surface area contributed by atoms with Crippen LogP contribution in [0.3, 0.4) is 0 Å². The summed E-state index contributed by atoms with van der Waals surface area (Å²) in [7, 11) is -3.20. The van der Waals surface area contributed by atoms with Gasteiger partial charge in [0, 0.05) is 13.1 Å². The summed E-state index contributed by atoms with van der Waals surface area (Å²) in [6.07, 6.45) is 1.68. The minimum atomic E-state index is -3.20. The molecule has 1 aromatic carbocycles. The van der Waals surface area contributed by atoms with Crippen LogP contribution in [0.15, 0.2) is 30.3 Å². The molecule has 0 spiro atoms. The molecule has 1 fully saturated rings. The molecular weight excluding hydrogens is 260 g/mol.